The largest absolute Gasteiger partial charge is 0.0622 e. The van der Waals surface area contributed by atoms with Gasteiger partial charge in [0.25, 0.3) is 0 Å². The summed E-state index contributed by atoms with van der Waals surface area (Å²) in [5.41, 5.74) is 7.59. The second-order valence-electron chi connectivity index (χ2n) is 10.5. The molecule has 0 nitrogen and oxygen atoms in total. The maximum Gasteiger partial charge on any atom is -0.00199 e. The Kier molecular flexibility index (Phi) is 5.24. The summed E-state index contributed by atoms with van der Waals surface area (Å²) in [4.78, 5) is 0. The third-order valence-electron chi connectivity index (χ3n) is 8.23. The van der Waals surface area contributed by atoms with E-state index in [-0.39, 0.29) is 0 Å². The summed E-state index contributed by atoms with van der Waals surface area (Å²) in [6.07, 6.45) is 0. The van der Waals surface area contributed by atoms with Crippen molar-refractivity contribution in [2.45, 2.75) is 0 Å². The highest BCUT2D eigenvalue weighted by molar-refractivity contribution is 6.26. The first-order chi connectivity index (χ1) is 19.9. The van der Waals surface area contributed by atoms with Gasteiger partial charge in [-0.1, -0.05) is 146 Å². The first-order valence-corrected chi connectivity index (χ1v) is 13.9. The van der Waals surface area contributed by atoms with Gasteiger partial charge in [-0.05, 0) is 88.6 Å². The van der Waals surface area contributed by atoms with Crippen molar-refractivity contribution in [3.63, 3.8) is 0 Å². The molecule has 0 amide bonds. The molecule has 8 aromatic carbocycles. The molecule has 0 saturated heterocycles. The predicted octanol–water partition coefficient (Wildman–Crippen LogP) is 11.3. The van der Waals surface area contributed by atoms with Crippen molar-refractivity contribution in [3.8, 4) is 33.4 Å². The van der Waals surface area contributed by atoms with E-state index in [2.05, 4.69) is 158 Å². The second-order valence-corrected chi connectivity index (χ2v) is 10.5. The molecule has 186 valence electrons. The van der Waals surface area contributed by atoms with Gasteiger partial charge in [-0.2, -0.15) is 0 Å². The monoisotopic (exact) mass is 506 g/mol. The SMILES string of the molecule is c1ccc(-c2ccc3c(c2)c(-c2c4ccccc4c(-c4ccccc4)c4ccccc24)cc2ccccc23)cc1. The van der Waals surface area contributed by atoms with Gasteiger partial charge in [0.05, 0.1) is 0 Å². The summed E-state index contributed by atoms with van der Waals surface area (Å²) in [6.45, 7) is 0. The average Bonchev–Trinajstić information content (AvgIpc) is 3.04. The van der Waals surface area contributed by atoms with Crippen LogP contribution in [0.5, 0.6) is 0 Å². The van der Waals surface area contributed by atoms with Crippen molar-refractivity contribution in [1.82, 2.24) is 0 Å². The van der Waals surface area contributed by atoms with E-state index in [1.807, 2.05) is 0 Å². The molecule has 0 heteroatoms. The molecule has 0 radical (unpaired) electrons. The Hall–Kier alpha value is -5.20. The molecule has 0 atom stereocenters. The van der Waals surface area contributed by atoms with Gasteiger partial charge in [0.1, 0.15) is 0 Å². The van der Waals surface area contributed by atoms with Gasteiger partial charge in [-0.25, -0.2) is 0 Å². The predicted molar refractivity (Wildman–Crippen MR) is 173 cm³/mol. The Bertz CT molecular complexity index is 2130. The summed E-state index contributed by atoms with van der Waals surface area (Å²) in [6, 6.07) is 57.5. The zero-order valence-electron chi connectivity index (χ0n) is 22.0. The van der Waals surface area contributed by atoms with Crippen molar-refractivity contribution in [2.24, 2.45) is 0 Å². The molecule has 0 N–H and O–H groups in total. The van der Waals surface area contributed by atoms with Crippen LogP contribution in [0.15, 0.2) is 158 Å². The highest BCUT2D eigenvalue weighted by Gasteiger charge is 2.19. The number of hydrogen-bond acceptors (Lipinski definition) is 0. The van der Waals surface area contributed by atoms with Gasteiger partial charge in [0.15, 0.2) is 0 Å². The summed E-state index contributed by atoms with van der Waals surface area (Å²) >= 11 is 0. The van der Waals surface area contributed by atoms with E-state index in [9.17, 15) is 0 Å². The van der Waals surface area contributed by atoms with E-state index < -0.39 is 0 Å². The Morgan fingerprint density at radius 1 is 0.250 bits per heavy atom. The Balaban J connectivity index is 1.56. The van der Waals surface area contributed by atoms with Crippen LogP contribution in [0.3, 0.4) is 0 Å². The quantitative estimate of drug-likeness (QED) is 0.165. The molecular weight excluding hydrogens is 480 g/mol. The molecule has 0 bridgehead atoms. The maximum absolute atomic E-state index is 2.41. The fourth-order valence-electron chi connectivity index (χ4n) is 6.45. The van der Waals surface area contributed by atoms with Crippen molar-refractivity contribution < 1.29 is 0 Å². The summed E-state index contributed by atoms with van der Waals surface area (Å²) in [5, 5.41) is 10.2. The van der Waals surface area contributed by atoms with Crippen molar-refractivity contribution in [3.05, 3.63) is 158 Å². The smallest absolute Gasteiger partial charge is 0.00199 e. The molecule has 0 heterocycles. The molecule has 0 aliphatic heterocycles. The van der Waals surface area contributed by atoms with Gasteiger partial charge in [-0.3, -0.25) is 0 Å². The Morgan fingerprint density at radius 3 is 1.38 bits per heavy atom. The van der Waals surface area contributed by atoms with E-state index >= 15 is 0 Å². The lowest BCUT2D eigenvalue weighted by Gasteiger charge is -2.20. The van der Waals surface area contributed by atoms with Crippen LogP contribution in [-0.2, 0) is 0 Å². The molecular formula is C40H26. The van der Waals surface area contributed by atoms with Gasteiger partial charge < -0.3 is 0 Å². The number of hydrogen-bond donors (Lipinski definition) is 0. The first kappa shape index (κ1) is 22.8. The Labute approximate surface area is 233 Å². The van der Waals surface area contributed by atoms with Crippen molar-refractivity contribution >= 4 is 43.1 Å². The molecule has 0 fully saturated rings. The molecule has 0 unspecified atom stereocenters. The number of fused-ring (bicyclic) bond motifs is 5. The molecule has 8 rings (SSSR count). The molecule has 0 aliphatic carbocycles. The summed E-state index contributed by atoms with van der Waals surface area (Å²) < 4.78 is 0. The van der Waals surface area contributed by atoms with Crippen LogP contribution >= 0.6 is 0 Å². The minimum absolute atomic E-state index is 1.23. The third-order valence-corrected chi connectivity index (χ3v) is 8.23. The highest BCUT2D eigenvalue weighted by atomic mass is 14.2. The molecule has 0 saturated carbocycles. The van der Waals surface area contributed by atoms with Crippen LogP contribution in [0.25, 0.3) is 76.5 Å². The van der Waals surface area contributed by atoms with Crippen LogP contribution in [-0.4, -0.2) is 0 Å². The lowest BCUT2D eigenvalue weighted by atomic mass is 9.83. The zero-order chi connectivity index (χ0) is 26.5. The topological polar surface area (TPSA) is 0 Å². The standard InChI is InChI=1S/C40H26/c1-3-13-27(14-4-1)29-23-24-32-31-18-8-7-17-30(31)26-38(37(32)25-29)40-35-21-11-9-19-33(35)39(28-15-5-2-6-16-28)34-20-10-12-22-36(34)40/h1-26H. The van der Waals surface area contributed by atoms with Crippen molar-refractivity contribution in [1.29, 1.82) is 0 Å². The molecule has 0 aromatic heterocycles. The fraction of sp³-hybridized carbons (Fsp3) is 0. The normalized spacial score (nSPS) is 11.5. The Morgan fingerprint density at radius 2 is 0.750 bits per heavy atom. The number of benzene rings is 8. The van der Waals surface area contributed by atoms with Gasteiger partial charge in [0.2, 0.25) is 0 Å². The van der Waals surface area contributed by atoms with Gasteiger partial charge in [0, 0.05) is 0 Å². The summed E-state index contributed by atoms with van der Waals surface area (Å²) in [5.74, 6) is 0. The van der Waals surface area contributed by atoms with E-state index in [0.29, 0.717) is 0 Å². The summed E-state index contributed by atoms with van der Waals surface area (Å²) in [7, 11) is 0. The minimum atomic E-state index is 1.23. The first-order valence-electron chi connectivity index (χ1n) is 13.9. The van der Waals surface area contributed by atoms with Crippen LogP contribution in [0, 0.1) is 0 Å². The molecule has 40 heavy (non-hydrogen) atoms. The van der Waals surface area contributed by atoms with E-state index in [1.54, 1.807) is 0 Å². The van der Waals surface area contributed by atoms with E-state index in [4.69, 9.17) is 0 Å². The minimum Gasteiger partial charge on any atom is -0.0622 e. The maximum atomic E-state index is 2.41. The van der Waals surface area contributed by atoms with Crippen molar-refractivity contribution in [2.75, 3.05) is 0 Å². The average molecular weight is 507 g/mol. The fourth-order valence-corrected chi connectivity index (χ4v) is 6.45. The molecule has 0 aliphatic rings. The lowest BCUT2D eigenvalue weighted by molar-refractivity contribution is 1.64. The highest BCUT2D eigenvalue weighted by Crippen LogP contribution is 2.46. The van der Waals surface area contributed by atoms with Gasteiger partial charge >= 0.3 is 0 Å². The third kappa shape index (κ3) is 3.54. The van der Waals surface area contributed by atoms with Crippen LogP contribution in [0.2, 0.25) is 0 Å². The molecule has 0 spiro atoms. The van der Waals surface area contributed by atoms with Crippen LogP contribution in [0.4, 0.5) is 0 Å². The van der Waals surface area contributed by atoms with E-state index in [0.717, 1.165) is 0 Å². The zero-order valence-corrected chi connectivity index (χ0v) is 22.0. The number of rotatable bonds is 3. The van der Waals surface area contributed by atoms with E-state index in [1.165, 1.54) is 76.5 Å². The second kappa shape index (κ2) is 9.22. The van der Waals surface area contributed by atoms with Crippen LogP contribution < -0.4 is 0 Å². The van der Waals surface area contributed by atoms with Gasteiger partial charge in [-0.15, -0.1) is 0 Å². The molecule has 8 aromatic rings. The lowest BCUT2D eigenvalue weighted by Crippen LogP contribution is -1.92. The van der Waals surface area contributed by atoms with Crippen LogP contribution in [0.1, 0.15) is 0 Å².